The van der Waals surface area contributed by atoms with E-state index in [0.29, 0.717) is 16.9 Å². The van der Waals surface area contributed by atoms with Gasteiger partial charge in [-0.25, -0.2) is 9.48 Å². The van der Waals surface area contributed by atoms with Gasteiger partial charge in [0.2, 0.25) is 0 Å². The predicted octanol–water partition coefficient (Wildman–Crippen LogP) is 3.61. The molecule has 0 aliphatic heterocycles. The van der Waals surface area contributed by atoms with Crippen LogP contribution in [0.15, 0.2) is 95.0 Å². The minimum Gasteiger partial charge on any atom is -0.452 e. The van der Waals surface area contributed by atoms with Crippen molar-refractivity contribution in [2.75, 3.05) is 11.9 Å². The molecule has 0 saturated carbocycles. The Kier molecular flexibility index (Phi) is 6.34. The van der Waals surface area contributed by atoms with Crippen LogP contribution in [0.3, 0.4) is 0 Å². The van der Waals surface area contributed by atoms with Crippen molar-refractivity contribution in [1.82, 2.24) is 20.2 Å². The quantitative estimate of drug-likeness (QED) is 0.446. The van der Waals surface area contributed by atoms with Crippen molar-refractivity contribution in [2.24, 2.45) is 0 Å². The third-order valence-corrected chi connectivity index (χ3v) is 5.25. The van der Waals surface area contributed by atoms with E-state index in [1.54, 1.807) is 30.3 Å². The highest BCUT2D eigenvalue weighted by molar-refractivity contribution is 7.99. The normalized spacial score (nSPS) is 10.5. The van der Waals surface area contributed by atoms with Crippen molar-refractivity contribution in [2.45, 2.75) is 9.79 Å². The maximum atomic E-state index is 12.4. The number of ether oxygens (including phenoxy) is 1. The zero-order valence-corrected chi connectivity index (χ0v) is 17.0. The zero-order chi connectivity index (χ0) is 21.5. The fourth-order valence-corrected chi connectivity index (χ4v) is 3.65. The van der Waals surface area contributed by atoms with E-state index in [1.807, 2.05) is 48.5 Å². The highest BCUT2D eigenvalue weighted by atomic mass is 32.2. The largest absolute Gasteiger partial charge is 0.452 e. The SMILES string of the molecule is O=C(COC(=O)c1cccc(-n2cnnn2)c1)Nc1ccccc1Sc1ccccc1. The molecule has 9 heteroatoms. The number of anilines is 1. The van der Waals surface area contributed by atoms with Crippen LogP contribution < -0.4 is 5.32 Å². The second-order valence-electron chi connectivity index (χ2n) is 6.34. The summed E-state index contributed by atoms with van der Waals surface area (Å²) >= 11 is 1.54. The van der Waals surface area contributed by atoms with Gasteiger partial charge in [-0.2, -0.15) is 0 Å². The molecule has 0 bridgehead atoms. The standard InChI is InChI=1S/C22H17N5O3S/c28-21(24-19-11-4-5-12-20(19)31-18-9-2-1-3-10-18)14-30-22(29)16-7-6-8-17(13-16)27-15-23-25-26-27/h1-13,15H,14H2,(H,24,28). The number of nitrogens with zero attached hydrogens (tertiary/aromatic N) is 4. The molecule has 0 unspecified atom stereocenters. The number of para-hydroxylation sites is 1. The van der Waals surface area contributed by atoms with Crippen LogP contribution in [-0.2, 0) is 9.53 Å². The van der Waals surface area contributed by atoms with Gasteiger partial charge in [-0.15, -0.1) is 5.10 Å². The molecule has 0 atom stereocenters. The third-order valence-electron chi connectivity index (χ3n) is 4.16. The first kappa shape index (κ1) is 20.3. The van der Waals surface area contributed by atoms with E-state index in [4.69, 9.17) is 4.74 Å². The van der Waals surface area contributed by atoms with Gasteiger partial charge in [0.05, 0.1) is 16.9 Å². The van der Waals surface area contributed by atoms with E-state index in [9.17, 15) is 9.59 Å². The van der Waals surface area contributed by atoms with Crippen LogP contribution in [0.1, 0.15) is 10.4 Å². The summed E-state index contributed by atoms with van der Waals surface area (Å²) in [6.07, 6.45) is 1.42. The van der Waals surface area contributed by atoms with Crippen LogP contribution in [0, 0.1) is 0 Å². The lowest BCUT2D eigenvalue weighted by molar-refractivity contribution is -0.119. The molecule has 1 heterocycles. The number of nitrogens with one attached hydrogen (secondary N) is 1. The Balaban J connectivity index is 1.37. The summed E-state index contributed by atoms with van der Waals surface area (Å²) < 4.78 is 6.60. The maximum Gasteiger partial charge on any atom is 0.338 e. The number of hydrogen-bond acceptors (Lipinski definition) is 7. The third kappa shape index (κ3) is 5.34. The number of amides is 1. The number of esters is 1. The Bertz CT molecular complexity index is 1180. The van der Waals surface area contributed by atoms with Gasteiger partial charge in [-0.3, -0.25) is 4.79 Å². The van der Waals surface area contributed by atoms with E-state index in [0.717, 1.165) is 9.79 Å². The highest BCUT2D eigenvalue weighted by Gasteiger charge is 2.13. The molecule has 31 heavy (non-hydrogen) atoms. The summed E-state index contributed by atoms with van der Waals surface area (Å²) in [5.41, 5.74) is 1.55. The van der Waals surface area contributed by atoms with Crippen LogP contribution in [0.2, 0.25) is 0 Å². The van der Waals surface area contributed by atoms with Crippen LogP contribution in [0.25, 0.3) is 5.69 Å². The molecular weight excluding hydrogens is 414 g/mol. The van der Waals surface area contributed by atoms with Crippen LogP contribution >= 0.6 is 11.8 Å². The lowest BCUT2D eigenvalue weighted by Crippen LogP contribution is -2.21. The fourth-order valence-electron chi connectivity index (χ4n) is 2.73. The van der Waals surface area contributed by atoms with E-state index >= 15 is 0 Å². The molecule has 1 amide bonds. The van der Waals surface area contributed by atoms with Gasteiger partial charge in [-0.05, 0) is 52.9 Å². The average molecular weight is 431 g/mol. The second-order valence-corrected chi connectivity index (χ2v) is 7.46. The number of carbonyl (C=O) groups excluding carboxylic acids is 2. The van der Waals surface area contributed by atoms with Crippen LogP contribution in [0.5, 0.6) is 0 Å². The molecule has 0 radical (unpaired) electrons. The zero-order valence-electron chi connectivity index (χ0n) is 16.2. The first-order valence-corrected chi connectivity index (χ1v) is 10.1. The Labute approximate surface area is 182 Å². The van der Waals surface area contributed by atoms with Gasteiger partial charge in [0, 0.05) is 9.79 Å². The maximum absolute atomic E-state index is 12.4. The van der Waals surface area contributed by atoms with E-state index in [-0.39, 0.29) is 0 Å². The lowest BCUT2D eigenvalue weighted by Gasteiger charge is -2.11. The Hall–Kier alpha value is -3.98. The number of tetrazole rings is 1. The van der Waals surface area contributed by atoms with Gasteiger partial charge in [-0.1, -0.05) is 48.2 Å². The Morgan fingerprint density at radius 1 is 0.968 bits per heavy atom. The van der Waals surface area contributed by atoms with E-state index in [1.165, 1.54) is 22.8 Å². The van der Waals surface area contributed by atoms with Gasteiger partial charge in [0.1, 0.15) is 6.33 Å². The first-order valence-electron chi connectivity index (χ1n) is 9.31. The number of hydrogen-bond donors (Lipinski definition) is 1. The Morgan fingerprint density at radius 2 is 1.77 bits per heavy atom. The Morgan fingerprint density at radius 3 is 2.58 bits per heavy atom. The minimum absolute atomic E-state index is 0.292. The van der Waals surface area contributed by atoms with E-state index in [2.05, 4.69) is 20.8 Å². The second kappa shape index (κ2) is 9.68. The molecule has 0 aliphatic rings. The number of rotatable bonds is 7. The van der Waals surface area contributed by atoms with Gasteiger partial charge in [0.25, 0.3) is 5.91 Å². The summed E-state index contributed by atoms with van der Waals surface area (Å²) in [5.74, 6) is -1.04. The van der Waals surface area contributed by atoms with Gasteiger partial charge in [0.15, 0.2) is 6.61 Å². The molecule has 0 saturated heterocycles. The van der Waals surface area contributed by atoms with Crippen molar-refractivity contribution >= 4 is 29.3 Å². The summed E-state index contributed by atoms with van der Waals surface area (Å²) in [5, 5.41) is 13.7. The molecule has 3 aromatic carbocycles. The lowest BCUT2D eigenvalue weighted by atomic mass is 10.2. The summed E-state index contributed by atoms with van der Waals surface area (Å²) in [6.45, 7) is -0.404. The average Bonchev–Trinajstić information content (AvgIpc) is 3.35. The summed E-state index contributed by atoms with van der Waals surface area (Å²) in [7, 11) is 0. The molecule has 4 rings (SSSR count). The van der Waals surface area contributed by atoms with Crippen molar-refractivity contribution in [3.8, 4) is 5.69 Å². The summed E-state index contributed by atoms with van der Waals surface area (Å²) in [6, 6.07) is 23.9. The van der Waals surface area contributed by atoms with Gasteiger partial charge >= 0.3 is 5.97 Å². The number of benzene rings is 3. The molecular formula is C22H17N5O3S. The predicted molar refractivity (Wildman–Crippen MR) is 115 cm³/mol. The van der Waals surface area contributed by atoms with E-state index < -0.39 is 18.5 Å². The van der Waals surface area contributed by atoms with Crippen LogP contribution in [0.4, 0.5) is 5.69 Å². The van der Waals surface area contributed by atoms with Crippen molar-refractivity contribution in [1.29, 1.82) is 0 Å². The molecule has 4 aromatic rings. The smallest absolute Gasteiger partial charge is 0.338 e. The number of carbonyl (C=O) groups is 2. The fraction of sp³-hybridized carbons (Fsp3) is 0.0455. The minimum atomic E-state index is -0.614. The molecule has 0 aliphatic carbocycles. The van der Waals surface area contributed by atoms with Crippen LogP contribution in [-0.4, -0.2) is 38.7 Å². The van der Waals surface area contributed by atoms with Gasteiger partial charge < -0.3 is 10.1 Å². The monoisotopic (exact) mass is 431 g/mol. The summed E-state index contributed by atoms with van der Waals surface area (Å²) in [4.78, 5) is 26.7. The molecule has 1 aromatic heterocycles. The van der Waals surface area contributed by atoms with Crippen molar-refractivity contribution < 1.29 is 14.3 Å². The first-order chi connectivity index (χ1) is 15.2. The molecule has 1 N–H and O–H groups in total. The number of aromatic nitrogens is 4. The highest BCUT2D eigenvalue weighted by Crippen LogP contribution is 2.33. The molecule has 0 spiro atoms. The molecule has 8 nitrogen and oxygen atoms in total. The molecule has 0 fully saturated rings. The van der Waals surface area contributed by atoms with Crippen molar-refractivity contribution in [3.63, 3.8) is 0 Å². The molecule has 154 valence electrons. The topological polar surface area (TPSA) is 99.0 Å². The van der Waals surface area contributed by atoms with Crippen molar-refractivity contribution in [3.05, 3.63) is 90.8 Å².